The highest BCUT2D eigenvalue weighted by Gasteiger charge is 2.32. The van der Waals surface area contributed by atoms with Crippen molar-refractivity contribution in [3.05, 3.63) is 63.1 Å². The molecule has 3 rings (SSSR count). The Morgan fingerprint density at radius 3 is 2.22 bits per heavy atom. The summed E-state index contributed by atoms with van der Waals surface area (Å²) in [5.41, 5.74) is 2.57. The molecule has 2 aromatic carbocycles. The highest BCUT2D eigenvalue weighted by molar-refractivity contribution is 7.92. The Morgan fingerprint density at radius 1 is 1.03 bits per heavy atom. The van der Waals surface area contributed by atoms with Gasteiger partial charge in [-0.2, -0.15) is 0 Å². The summed E-state index contributed by atoms with van der Waals surface area (Å²) in [6.07, 6.45) is 6.12. The number of halogens is 2. The second-order valence-corrected chi connectivity index (χ2v) is 12.5. The van der Waals surface area contributed by atoms with Gasteiger partial charge in [0.2, 0.25) is 21.8 Å². The van der Waals surface area contributed by atoms with Crippen molar-refractivity contribution in [2.45, 2.75) is 71.5 Å². The number of benzene rings is 2. The number of carbonyl (C=O) groups excluding carboxylic acids is 2. The van der Waals surface area contributed by atoms with Crippen LogP contribution < -0.4 is 9.62 Å². The fourth-order valence-corrected chi connectivity index (χ4v) is 6.02. The van der Waals surface area contributed by atoms with E-state index in [-0.39, 0.29) is 18.5 Å². The Bertz CT molecular complexity index is 1230. The number of amides is 2. The van der Waals surface area contributed by atoms with Gasteiger partial charge in [0.1, 0.15) is 12.6 Å². The zero-order chi connectivity index (χ0) is 27.3. The fraction of sp³-hybridized carbons (Fsp3) is 0.481. The van der Waals surface area contributed by atoms with Crippen molar-refractivity contribution < 1.29 is 18.0 Å². The number of anilines is 1. The molecule has 2 aromatic rings. The summed E-state index contributed by atoms with van der Waals surface area (Å²) in [6, 6.07) is 9.52. The lowest BCUT2D eigenvalue weighted by Gasteiger charge is -2.33. The third-order valence-corrected chi connectivity index (χ3v) is 8.87. The molecule has 1 N–H and O–H groups in total. The predicted octanol–water partition coefficient (Wildman–Crippen LogP) is 5.24. The lowest BCUT2D eigenvalue weighted by Crippen LogP contribution is -2.53. The van der Waals surface area contributed by atoms with Crippen LogP contribution in [0.25, 0.3) is 0 Å². The van der Waals surface area contributed by atoms with Gasteiger partial charge >= 0.3 is 0 Å². The molecule has 0 spiro atoms. The molecule has 1 atom stereocenters. The molecule has 37 heavy (non-hydrogen) atoms. The van der Waals surface area contributed by atoms with Crippen molar-refractivity contribution in [1.29, 1.82) is 0 Å². The Balaban J connectivity index is 1.95. The third-order valence-electron chi connectivity index (χ3n) is 7.03. The Morgan fingerprint density at radius 2 is 1.62 bits per heavy atom. The number of carbonyl (C=O) groups is 2. The molecule has 0 radical (unpaired) electrons. The van der Waals surface area contributed by atoms with Crippen molar-refractivity contribution in [3.63, 3.8) is 0 Å². The standard InChI is InChI=1S/C27H35Cl2N3O4S/c1-18-10-8-15-25(19(18)2)32(37(4,35)36)17-26(33)31(16-22-23(28)13-9-14-24(22)29)20(3)27(34)30-21-11-6-5-7-12-21/h8-10,13-15,20-21H,5-7,11-12,16-17H2,1-4H3,(H,30,34). The van der Waals surface area contributed by atoms with Gasteiger partial charge in [-0.15, -0.1) is 0 Å². The van der Waals surface area contributed by atoms with E-state index in [1.807, 2.05) is 19.9 Å². The number of nitrogens with zero attached hydrogens (tertiary/aromatic N) is 2. The van der Waals surface area contributed by atoms with Gasteiger partial charge in [0.25, 0.3) is 0 Å². The number of hydrogen-bond acceptors (Lipinski definition) is 4. The topological polar surface area (TPSA) is 86.8 Å². The van der Waals surface area contributed by atoms with E-state index in [0.717, 1.165) is 53.8 Å². The first kappa shape index (κ1) is 29.3. The van der Waals surface area contributed by atoms with Gasteiger partial charge in [-0.25, -0.2) is 8.42 Å². The van der Waals surface area contributed by atoms with E-state index in [1.165, 1.54) is 4.90 Å². The van der Waals surface area contributed by atoms with E-state index in [0.29, 0.717) is 21.3 Å². The monoisotopic (exact) mass is 567 g/mol. The maximum atomic E-state index is 13.8. The highest BCUT2D eigenvalue weighted by atomic mass is 35.5. The zero-order valence-corrected chi connectivity index (χ0v) is 24.1. The molecule has 0 aromatic heterocycles. The van der Waals surface area contributed by atoms with Crippen molar-refractivity contribution in [2.24, 2.45) is 0 Å². The highest BCUT2D eigenvalue weighted by Crippen LogP contribution is 2.28. The number of nitrogens with one attached hydrogen (secondary N) is 1. The van der Waals surface area contributed by atoms with Crippen LogP contribution in [-0.2, 0) is 26.2 Å². The van der Waals surface area contributed by atoms with Gasteiger partial charge in [0.05, 0.1) is 11.9 Å². The van der Waals surface area contributed by atoms with Gasteiger partial charge < -0.3 is 10.2 Å². The molecule has 0 saturated heterocycles. The molecule has 1 unspecified atom stereocenters. The predicted molar refractivity (Wildman–Crippen MR) is 150 cm³/mol. The van der Waals surface area contributed by atoms with E-state index in [4.69, 9.17) is 23.2 Å². The average Bonchev–Trinajstić information content (AvgIpc) is 2.84. The SMILES string of the molecule is Cc1cccc(N(CC(=O)N(Cc2c(Cl)cccc2Cl)C(C)C(=O)NC2CCCCC2)S(C)(=O)=O)c1C. The van der Waals surface area contributed by atoms with Crippen LogP contribution in [0.1, 0.15) is 55.7 Å². The molecule has 7 nitrogen and oxygen atoms in total. The van der Waals surface area contributed by atoms with Crippen LogP contribution >= 0.6 is 23.2 Å². The smallest absolute Gasteiger partial charge is 0.244 e. The minimum Gasteiger partial charge on any atom is -0.352 e. The number of aryl methyl sites for hydroxylation is 1. The fourth-order valence-electron chi connectivity index (χ4n) is 4.61. The first-order valence-electron chi connectivity index (χ1n) is 12.5. The van der Waals surface area contributed by atoms with Crippen molar-refractivity contribution in [1.82, 2.24) is 10.2 Å². The van der Waals surface area contributed by atoms with Crippen LogP contribution in [0.4, 0.5) is 5.69 Å². The lowest BCUT2D eigenvalue weighted by atomic mass is 9.95. The second kappa shape index (κ2) is 12.5. The normalized spacial score (nSPS) is 15.2. The summed E-state index contributed by atoms with van der Waals surface area (Å²) in [6.45, 7) is 4.83. The summed E-state index contributed by atoms with van der Waals surface area (Å²) in [5.74, 6) is -0.824. The van der Waals surface area contributed by atoms with Crippen LogP contribution in [0.5, 0.6) is 0 Å². The first-order chi connectivity index (χ1) is 17.4. The van der Waals surface area contributed by atoms with Gasteiger partial charge in [-0.3, -0.25) is 13.9 Å². The van der Waals surface area contributed by atoms with Crippen LogP contribution in [0.15, 0.2) is 36.4 Å². The molecular weight excluding hydrogens is 533 g/mol. The number of hydrogen-bond donors (Lipinski definition) is 1. The summed E-state index contributed by atoms with van der Waals surface area (Å²) in [7, 11) is -3.81. The molecule has 2 amide bonds. The molecule has 0 aliphatic heterocycles. The van der Waals surface area contributed by atoms with Gasteiger partial charge in [-0.1, -0.05) is 60.7 Å². The summed E-state index contributed by atoms with van der Waals surface area (Å²) in [5, 5.41) is 3.79. The van der Waals surface area contributed by atoms with E-state index in [1.54, 1.807) is 37.3 Å². The van der Waals surface area contributed by atoms with Gasteiger partial charge in [-0.05, 0) is 62.9 Å². The van der Waals surface area contributed by atoms with E-state index in [2.05, 4.69) is 5.32 Å². The molecular formula is C27H35Cl2N3O4S. The zero-order valence-electron chi connectivity index (χ0n) is 21.8. The Hall–Kier alpha value is -2.29. The molecule has 1 fully saturated rings. The molecule has 10 heteroatoms. The minimum atomic E-state index is -3.81. The second-order valence-electron chi connectivity index (χ2n) is 9.73. The quantitative estimate of drug-likeness (QED) is 0.448. The van der Waals surface area contributed by atoms with E-state index >= 15 is 0 Å². The van der Waals surface area contributed by atoms with Crippen LogP contribution in [0.2, 0.25) is 10.0 Å². The van der Waals surface area contributed by atoms with Crippen molar-refractivity contribution in [3.8, 4) is 0 Å². The molecule has 0 heterocycles. The molecule has 202 valence electrons. The van der Waals surface area contributed by atoms with Gasteiger partial charge in [0.15, 0.2) is 0 Å². The Labute approximate surface area is 230 Å². The van der Waals surface area contributed by atoms with Crippen molar-refractivity contribution in [2.75, 3.05) is 17.1 Å². The summed E-state index contributed by atoms with van der Waals surface area (Å²) < 4.78 is 26.7. The third kappa shape index (κ3) is 7.39. The molecule has 1 saturated carbocycles. The molecule has 1 aliphatic rings. The van der Waals surface area contributed by atoms with E-state index < -0.39 is 28.5 Å². The minimum absolute atomic E-state index is 0.0407. The van der Waals surface area contributed by atoms with Crippen molar-refractivity contribution >= 4 is 50.7 Å². The first-order valence-corrected chi connectivity index (χ1v) is 15.1. The maximum absolute atomic E-state index is 13.8. The Kier molecular flexibility index (Phi) is 9.89. The van der Waals surface area contributed by atoms with Crippen LogP contribution in [0.3, 0.4) is 0 Å². The van der Waals surface area contributed by atoms with E-state index in [9.17, 15) is 18.0 Å². The van der Waals surface area contributed by atoms with Crippen LogP contribution in [0, 0.1) is 13.8 Å². The average molecular weight is 569 g/mol. The lowest BCUT2D eigenvalue weighted by molar-refractivity contribution is -0.139. The maximum Gasteiger partial charge on any atom is 0.244 e. The molecule has 1 aliphatic carbocycles. The summed E-state index contributed by atoms with van der Waals surface area (Å²) >= 11 is 12.8. The largest absolute Gasteiger partial charge is 0.352 e. The summed E-state index contributed by atoms with van der Waals surface area (Å²) in [4.78, 5) is 28.4. The number of sulfonamides is 1. The molecule has 0 bridgehead atoms. The van der Waals surface area contributed by atoms with Gasteiger partial charge in [0, 0.05) is 28.2 Å². The number of rotatable bonds is 9. The van der Waals surface area contributed by atoms with Crippen LogP contribution in [-0.4, -0.2) is 50.0 Å².